The molecule has 0 aromatic heterocycles. The molecule has 0 aliphatic heterocycles. The van der Waals surface area contributed by atoms with Crippen molar-refractivity contribution in [2.75, 3.05) is 0 Å². The minimum atomic E-state index is 0.735. The fraction of sp³-hybridized carbons (Fsp3) is 0.500. The van der Waals surface area contributed by atoms with Gasteiger partial charge in [-0.15, -0.1) is 0 Å². The van der Waals surface area contributed by atoms with Crippen molar-refractivity contribution < 1.29 is 4.79 Å². The Balaban J connectivity index is 2.12. The summed E-state index contributed by atoms with van der Waals surface area (Å²) in [4.78, 5) is 10.5. The van der Waals surface area contributed by atoms with Gasteiger partial charge in [-0.3, -0.25) is 4.79 Å². The molecule has 2 aliphatic rings. The highest BCUT2D eigenvalue weighted by Crippen LogP contribution is 2.36. The summed E-state index contributed by atoms with van der Waals surface area (Å²) in [6.45, 7) is 0. The summed E-state index contributed by atoms with van der Waals surface area (Å²) >= 11 is 0. The highest BCUT2D eigenvalue weighted by molar-refractivity contribution is 5.73. The largest absolute Gasteiger partial charge is 0.298 e. The van der Waals surface area contributed by atoms with Crippen molar-refractivity contribution in [1.82, 2.24) is 0 Å². The van der Waals surface area contributed by atoms with Crippen LogP contribution in [0.4, 0.5) is 0 Å². The van der Waals surface area contributed by atoms with Crippen LogP contribution in [0.25, 0.3) is 0 Å². The number of allylic oxidation sites excluding steroid dienone is 4. The Morgan fingerprint density at radius 2 is 2.36 bits per heavy atom. The monoisotopic (exact) mass is 148 g/mol. The molecule has 0 amide bonds. The van der Waals surface area contributed by atoms with Gasteiger partial charge in [0.05, 0.1) is 0 Å². The number of rotatable bonds is 1. The molecule has 0 heterocycles. The molecular weight excluding hydrogens is 136 g/mol. The minimum absolute atomic E-state index is 0.735. The van der Waals surface area contributed by atoms with Gasteiger partial charge in [0.15, 0.2) is 0 Å². The number of aldehydes is 1. The molecule has 0 fully saturated rings. The van der Waals surface area contributed by atoms with E-state index in [1.807, 2.05) is 0 Å². The highest BCUT2D eigenvalue weighted by atomic mass is 16.1. The molecular formula is C10H12O. The maximum atomic E-state index is 10.5. The number of carbonyl (C=O) groups excluding carboxylic acids is 1. The summed E-state index contributed by atoms with van der Waals surface area (Å²) in [6, 6.07) is 0. The van der Waals surface area contributed by atoms with Crippen LogP contribution in [0, 0.1) is 11.8 Å². The first kappa shape index (κ1) is 6.84. The molecule has 2 atom stereocenters. The normalized spacial score (nSPS) is 34.7. The molecule has 0 saturated carbocycles. The van der Waals surface area contributed by atoms with Crippen molar-refractivity contribution in [3.05, 3.63) is 23.8 Å². The zero-order chi connectivity index (χ0) is 7.68. The van der Waals surface area contributed by atoms with Gasteiger partial charge < -0.3 is 0 Å². The summed E-state index contributed by atoms with van der Waals surface area (Å²) in [5.74, 6) is 1.47. The Kier molecular flexibility index (Phi) is 1.65. The minimum Gasteiger partial charge on any atom is -0.298 e. The molecule has 1 nitrogen and oxygen atoms in total. The fourth-order valence-corrected chi connectivity index (χ4v) is 2.04. The van der Waals surface area contributed by atoms with Crippen molar-refractivity contribution in [1.29, 1.82) is 0 Å². The third-order valence-electron chi connectivity index (χ3n) is 2.73. The lowest BCUT2D eigenvalue weighted by Gasteiger charge is -2.22. The molecule has 0 aromatic rings. The Labute approximate surface area is 66.8 Å². The van der Waals surface area contributed by atoms with E-state index in [1.54, 1.807) is 0 Å². The van der Waals surface area contributed by atoms with Gasteiger partial charge in [-0.1, -0.05) is 18.2 Å². The number of fused-ring (bicyclic) bond motifs is 1. The molecule has 1 heteroatoms. The lowest BCUT2D eigenvalue weighted by molar-refractivity contribution is -0.105. The predicted octanol–water partition coefficient (Wildman–Crippen LogP) is 2.10. The van der Waals surface area contributed by atoms with E-state index in [1.165, 1.54) is 6.42 Å². The SMILES string of the molecule is O=CC1=CC[C@@H]2C=CC[C@@H]2C1. The van der Waals surface area contributed by atoms with Gasteiger partial charge in [0.25, 0.3) is 0 Å². The molecule has 0 spiro atoms. The van der Waals surface area contributed by atoms with E-state index in [0.717, 1.165) is 36.5 Å². The second kappa shape index (κ2) is 2.65. The quantitative estimate of drug-likeness (QED) is 0.411. The van der Waals surface area contributed by atoms with Crippen molar-refractivity contribution >= 4 is 6.29 Å². The summed E-state index contributed by atoms with van der Waals surface area (Å²) < 4.78 is 0. The van der Waals surface area contributed by atoms with Gasteiger partial charge in [-0.05, 0) is 36.7 Å². The standard InChI is InChI=1S/C10H12O/c11-7-8-4-5-9-2-1-3-10(9)6-8/h1-2,4,7,9-10H,3,5-6H2/t9-,10+/m0/s1. The highest BCUT2D eigenvalue weighted by Gasteiger charge is 2.25. The van der Waals surface area contributed by atoms with E-state index in [4.69, 9.17) is 0 Å². The average Bonchev–Trinajstić information content (AvgIpc) is 2.50. The Morgan fingerprint density at radius 3 is 3.18 bits per heavy atom. The van der Waals surface area contributed by atoms with Gasteiger partial charge in [0.1, 0.15) is 6.29 Å². The van der Waals surface area contributed by atoms with E-state index in [9.17, 15) is 4.79 Å². The molecule has 0 N–H and O–H groups in total. The molecule has 0 aromatic carbocycles. The van der Waals surface area contributed by atoms with Gasteiger partial charge in [-0.2, -0.15) is 0 Å². The Morgan fingerprint density at radius 1 is 1.45 bits per heavy atom. The number of hydrogen-bond acceptors (Lipinski definition) is 1. The molecule has 0 unspecified atom stereocenters. The van der Waals surface area contributed by atoms with Crippen molar-refractivity contribution in [3.63, 3.8) is 0 Å². The van der Waals surface area contributed by atoms with Crippen molar-refractivity contribution in [2.45, 2.75) is 19.3 Å². The van der Waals surface area contributed by atoms with Gasteiger partial charge in [0, 0.05) is 0 Å². The smallest absolute Gasteiger partial charge is 0.145 e. The first-order valence-corrected chi connectivity index (χ1v) is 4.21. The van der Waals surface area contributed by atoms with E-state index in [0.29, 0.717) is 0 Å². The summed E-state index contributed by atoms with van der Waals surface area (Å²) in [6.07, 6.45) is 10.9. The third-order valence-corrected chi connectivity index (χ3v) is 2.73. The maximum Gasteiger partial charge on any atom is 0.145 e. The first-order valence-electron chi connectivity index (χ1n) is 4.21. The topological polar surface area (TPSA) is 17.1 Å². The van der Waals surface area contributed by atoms with E-state index >= 15 is 0 Å². The van der Waals surface area contributed by atoms with E-state index in [2.05, 4.69) is 18.2 Å². The predicted molar refractivity (Wildman–Crippen MR) is 44.1 cm³/mol. The van der Waals surface area contributed by atoms with Crippen molar-refractivity contribution in [2.24, 2.45) is 11.8 Å². The number of carbonyl (C=O) groups is 1. The molecule has 2 aliphatic carbocycles. The van der Waals surface area contributed by atoms with Crippen LogP contribution >= 0.6 is 0 Å². The van der Waals surface area contributed by atoms with Crippen LogP contribution in [0.5, 0.6) is 0 Å². The van der Waals surface area contributed by atoms with Crippen LogP contribution in [0.3, 0.4) is 0 Å². The van der Waals surface area contributed by atoms with Gasteiger partial charge in [-0.25, -0.2) is 0 Å². The van der Waals surface area contributed by atoms with Crippen LogP contribution in [0.2, 0.25) is 0 Å². The van der Waals surface area contributed by atoms with Crippen LogP contribution in [-0.2, 0) is 4.79 Å². The van der Waals surface area contributed by atoms with Crippen LogP contribution in [-0.4, -0.2) is 6.29 Å². The van der Waals surface area contributed by atoms with E-state index < -0.39 is 0 Å². The maximum absolute atomic E-state index is 10.5. The van der Waals surface area contributed by atoms with E-state index in [-0.39, 0.29) is 0 Å². The van der Waals surface area contributed by atoms with Gasteiger partial charge in [0.2, 0.25) is 0 Å². The fourth-order valence-electron chi connectivity index (χ4n) is 2.04. The molecule has 0 bridgehead atoms. The summed E-state index contributed by atoms with van der Waals surface area (Å²) in [5, 5.41) is 0. The lowest BCUT2D eigenvalue weighted by atomic mass is 9.82. The zero-order valence-electron chi connectivity index (χ0n) is 6.49. The Bertz CT molecular complexity index is 225. The molecule has 11 heavy (non-hydrogen) atoms. The average molecular weight is 148 g/mol. The van der Waals surface area contributed by atoms with Crippen LogP contribution in [0.15, 0.2) is 23.8 Å². The first-order chi connectivity index (χ1) is 5.40. The summed E-state index contributed by atoms with van der Waals surface area (Å²) in [5.41, 5.74) is 1.01. The zero-order valence-corrected chi connectivity index (χ0v) is 6.49. The van der Waals surface area contributed by atoms with Crippen LogP contribution in [0.1, 0.15) is 19.3 Å². The molecule has 0 saturated heterocycles. The summed E-state index contributed by atoms with van der Waals surface area (Å²) in [7, 11) is 0. The van der Waals surface area contributed by atoms with Crippen molar-refractivity contribution in [3.8, 4) is 0 Å². The molecule has 2 rings (SSSR count). The van der Waals surface area contributed by atoms with Crippen LogP contribution < -0.4 is 0 Å². The lowest BCUT2D eigenvalue weighted by Crippen LogP contribution is -2.13. The molecule has 0 radical (unpaired) electrons. The number of hydrogen-bond donors (Lipinski definition) is 0. The Hall–Kier alpha value is -0.850. The van der Waals surface area contributed by atoms with Gasteiger partial charge >= 0.3 is 0 Å². The second-order valence-electron chi connectivity index (χ2n) is 3.42. The second-order valence-corrected chi connectivity index (χ2v) is 3.42. The third kappa shape index (κ3) is 1.15. The molecule has 58 valence electrons.